The van der Waals surface area contributed by atoms with Gasteiger partial charge >= 0.3 is 6.09 Å². The molecule has 0 bridgehead atoms. The number of imidazole rings is 1. The van der Waals surface area contributed by atoms with E-state index >= 15 is 0 Å². The number of H-pyrrole nitrogens is 1. The van der Waals surface area contributed by atoms with E-state index in [0.29, 0.717) is 37.6 Å². The molecule has 3 aromatic rings. The van der Waals surface area contributed by atoms with Crippen LogP contribution < -0.4 is 10.6 Å². The number of nitrogens with one attached hydrogen (secondary N) is 3. The van der Waals surface area contributed by atoms with E-state index in [0.717, 1.165) is 54.5 Å². The van der Waals surface area contributed by atoms with Crippen LogP contribution in [-0.4, -0.2) is 100 Å². The summed E-state index contributed by atoms with van der Waals surface area (Å²) in [5, 5.41) is 5.46. The summed E-state index contributed by atoms with van der Waals surface area (Å²) in [6, 6.07) is 13.8. The summed E-state index contributed by atoms with van der Waals surface area (Å²) in [7, 11) is 1.28. The maximum Gasteiger partial charge on any atom is 0.407 e. The molecule has 3 N–H and O–H groups in total. The fourth-order valence-electron chi connectivity index (χ4n) is 7.95. The molecule has 6 rings (SSSR count). The number of carbonyl (C=O) groups is 5. The van der Waals surface area contributed by atoms with Gasteiger partial charge in [0.2, 0.25) is 17.7 Å². The Morgan fingerprint density at radius 2 is 1.62 bits per heavy atom. The van der Waals surface area contributed by atoms with E-state index in [-0.39, 0.29) is 47.5 Å². The van der Waals surface area contributed by atoms with Crippen molar-refractivity contribution in [3.8, 4) is 22.4 Å². The Hall–Kier alpha value is -5.04. The summed E-state index contributed by atoms with van der Waals surface area (Å²) >= 11 is 0. The second-order valence-corrected chi connectivity index (χ2v) is 14.3. The standard InChI is InChI=1S/C39H48N6O7/c1-24(2)34(43-38(50)51-4)37(49)44-19-5-6-31(44)35-40-22-30(42-35)28-11-7-26(8-12-28)27-9-13-29(14-10-27)33(47)23-41-36(48)32-15-16-39(45(32)25(3)46)17-20-52-21-18-39/h7-14,22,24,31-32,34H,5-6,15-21,23H2,1-4H3,(H,40,42)(H,41,48)(H,43,50)/t31-,32?,34-/m0/s1. The van der Waals surface area contributed by atoms with E-state index in [9.17, 15) is 24.0 Å². The van der Waals surface area contributed by atoms with Crippen molar-refractivity contribution in [1.82, 2.24) is 30.4 Å². The Morgan fingerprint density at radius 1 is 0.962 bits per heavy atom. The number of aromatic amines is 1. The van der Waals surface area contributed by atoms with Crippen molar-refractivity contribution in [3.05, 3.63) is 66.1 Å². The fourth-order valence-corrected chi connectivity index (χ4v) is 7.95. The van der Waals surface area contributed by atoms with Crippen molar-refractivity contribution in [2.24, 2.45) is 5.92 Å². The van der Waals surface area contributed by atoms with E-state index in [1.165, 1.54) is 14.0 Å². The van der Waals surface area contributed by atoms with Gasteiger partial charge in [-0.3, -0.25) is 19.2 Å². The van der Waals surface area contributed by atoms with Crippen molar-refractivity contribution >= 4 is 29.6 Å². The third-order valence-corrected chi connectivity index (χ3v) is 10.8. The Bertz CT molecular complexity index is 1780. The molecule has 1 spiro atoms. The van der Waals surface area contributed by atoms with Gasteiger partial charge in [0.15, 0.2) is 5.78 Å². The Labute approximate surface area is 303 Å². The zero-order valence-corrected chi connectivity index (χ0v) is 30.3. The van der Waals surface area contributed by atoms with Gasteiger partial charge in [-0.2, -0.15) is 0 Å². The monoisotopic (exact) mass is 712 g/mol. The molecule has 276 valence electrons. The highest BCUT2D eigenvalue weighted by Gasteiger charge is 2.50. The first-order chi connectivity index (χ1) is 25.0. The molecule has 0 saturated carbocycles. The van der Waals surface area contributed by atoms with E-state index in [1.807, 2.05) is 50.2 Å². The number of alkyl carbamates (subject to hydrolysis) is 1. The zero-order chi connectivity index (χ0) is 37.0. The van der Waals surface area contributed by atoms with Gasteiger partial charge in [-0.25, -0.2) is 9.78 Å². The molecule has 3 fully saturated rings. The first-order valence-corrected chi connectivity index (χ1v) is 18.1. The van der Waals surface area contributed by atoms with Gasteiger partial charge in [-0.15, -0.1) is 0 Å². The molecular weight excluding hydrogens is 664 g/mol. The maximum absolute atomic E-state index is 13.5. The number of aromatic nitrogens is 2. The largest absolute Gasteiger partial charge is 0.453 e. The molecule has 1 unspecified atom stereocenters. The number of likely N-dealkylation sites (tertiary alicyclic amines) is 2. The van der Waals surface area contributed by atoms with Crippen molar-refractivity contribution in [3.63, 3.8) is 0 Å². The van der Waals surface area contributed by atoms with Gasteiger partial charge in [0.05, 0.1) is 31.6 Å². The molecule has 1 aromatic heterocycles. The lowest BCUT2D eigenvalue weighted by Crippen LogP contribution is -2.56. The molecular formula is C39H48N6O7. The van der Waals surface area contributed by atoms with Gasteiger partial charge in [0, 0.05) is 37.8 Å². The van der Waals surface area contributed by atoms with Crippen molar-refractivity contribution in [2.75, 3.05) is 33.4 Å². The molecule has 0 radical (unpaired) electrons. The summed E-state index contributed by atoms with van der Waals surface area (Å²) in [6.45, 7) is 6.86. The van der Waals surface area contributed by atoms with Crippen LogP contribution >= 0.6 is 0 Å². The predicted molar refractivity (Wildman–Crippen MR) is 193 cm³/mol. The summed E-state index contributed by atoms with van der Waals surface area (Å²) in [5.41, 5.74) is 3.80. The van der Waals surface area contributed by atoms with Crippen LogP contribution in [0.15, 0.2) is 54.7 Å². The number of ketones is 1. The van der Waals surface area contributed by atoms with E-state index in [4.69, 9.17) is 9.47 Å². The molecule has 0 aliphatic carbocycles. The van der Waals surface area contributed by atoms with E-state index < -0.39 is 18.2 Å². The summed E-state index contributed by atoms with van der Waals surface area (Å²) in [5.74, 6) is -0.201. The lowest BCUT2D eigenvalue weighted by Gasteiger charge is -2.42. The third-order valence-electron chi connectivity index (χ3n) is 10.8. The van der Waals surface area contributed by atoms with Crippen LogP contribution in [0.2, 0.25) is 0 Å². The number of carbonyl (C=O) groups excluding carboxylic acids is 5. The summed E-state index contributed by atoms with van der Waals surface area (Å²) in [4.78, 5) is 75.7. The highest BCUT2D eigenvalue weighted by Crippen LogP contribution is 2.41. The van der Waals surface area contributed by atoms with Gasteiger partial charge < -0.3 is 34.9 Å². The third kappa shape index (κ3) is 7.59. The highest BCUT2D eigenvalue weighted by atomic mass is 16.5. The second kappa shape index (κ2) is 15.7. The van der Waals surface area contributed by atoms with Crippen LogP contribution in [0.3, 0.4) is 0 Å². The first-order valence-electron chi connectivity index (χ1n) is 18.1. The van der Waals surface area contributed by atoms with Gasteiger partial charge in [0.1, 0.15) is 17.9 Å². The molecule has 13 heteroatoms. The molecule has 4 amide bonds. The number of ether oxygens (including phenoxy) is 2. The number of methoxy groups -OCH3 is 1. The Balaban J connectivity index is 1.05. The van der Waals surface area contributed by atoms with Gasteiger partial charge in [-0.1, -0.05) is 62.4 Å². The minimum Gasteiger partial charge on any atom is -0.453 e. The minimum atomic E-state index is -0.699. The smallest absolute Gasteiger partial charge is 0.407 e. The van der Waals surface area contributed by atoms with Gasteiger partial charge in [-0.05, 0) is 61.1 Å². The number of hydrogen-bond acceptors (Lipinski definition) is 8. The molecule has 3 atom stereocenters. The Morgan fingerprint density at radius 3 is 2.25 bits per heavy atom. The van der Waals surface area contributed by atoms with Crippen LogP contribution in [0.5, 0.6) is 0 Å². The summed E-state index contributed by atoms with van der Waals surface area (Å²) < 4.78 is 10.2. The zero-order valence-electron chi connectivity index (χ0n) is 30.3. The van der Waals surface area contributed by atoms with E-state index in [1.54, 1.807) is 28.1 Å². The second-order valence-electron chi connectivity index (χ2n) is 14.3. The average molecular weight is 713 g/mol. The average Bonchev–Trinajstić information content (AvgIpc) is 3.92. The quantitative estimate of drug-likeness (QED) is 0.256. The highest BCUT2D eigenvalue weighted by molar-refractivity contribution is 6.00. The van der Waals surface area contributed by atoms with Crippen LogP contribution in [0.25, 0.3) is 22.4 Å². The lowest BCUT2D eigenvalue weighted by atomic mass is 9.87. The fraction of sp³-hybridized carbons (Fsp3) is 0.487. The number of Topliss-reactive ketones (excluding diaryl/α,β-unsaturated/α-hetero) is 1. The predicted octanol–water partition coefficient (Wildman–Crippen LogP) is 4.65. The van der Waals surface area contributed by atoms with E-state index in [2.05, 4.69) is 20.6 Å². The molecule has 4 heterocycles. The minimum absolute atomic E-state index is 0.114. The number of nitrogens with zero attached hydrogens (tertiary/aromatic N) is 3. The molecule has 52 heavy (non-hydrogen) atoms. The molecule has 3 aliphatic heterocycles. The normalized spacial score (nSPS) is 20.2. The SMILES string of the molecule is COC(=O)N[C@H](C(=O)N1CCC[C@H]1c1ncc(-c2ccc(-c3ccc(C(=O)CNC(=O)C4CCC5(CCOCC5)N4C(C)=O)cc3)cc2)[nH]1)C(C)C. The van der Waals surface area contributed by atoms with Gasteiger partial charge in [0.25, 0.3) is 0 Å². The number of benzene rings is 2. The number of rotatable bonds is 10. The number of amides is 4. The van der Waals surface area contributed by atoms with Crippen molar-refractivity contribution in [2.45, 2.75) is 83.0 Å². The molecule has 3 saturated heterocycles. The van der Waals surface area contributed by atoms with Crippen molar-refractivity contribution in [1.29, 1.82) is 0 Å². The summed E-state index contributed by atoms with van der Waals surface area (Å²) in [6.07, 6.45) is 5.50. The lowest BCUT2D eigenvalue weighted by molar-refractivity contribution is -0.145. The topological polar surface area (TPSA) is 163 Å². The van der Waals surface area contributed by atoms with Crippen LogP contribution in [0.4, 0.5) is 4.79 Å². The van der Waals surface area contributed by atoms with Crippen LogP contribution in [0.1, 0.15) is 81.5 Å². The van der Waals surface area contributed by atoms with Crippen LogP contribution in [0, 0.1) is 5.92 Å². The molecule has 3 aliphatic rings. The van der Waals surface area contributed by atoms with Crippen molar-refractivity contribution < 1.29 is 33.4 Å². The number of hydrogen-bond donors (Lipinski definition) is 3. The Kier molecular flexibility index (Phi) is 11.1. The van der Waals surface area contributed by atoms with Crippen LogP contribution in [-0.2, 0) is 23.9 Å². The maximum atomic E-state index is 13.5. The molecule has 2 aromatic carbocycles. The molecule has 13 nitrogen and oxygen atoms in total. The first kappa shape index (κ1) is 36.7.